The van der Waals surface area contributed by atoms with Crippen LogP contribution in [0, 0.1) is 5.92 Å². The largest absolute Gasteiger partial charge is 0.340 e. The smallest absolute Gasteiger partial charge is 0.243 e. The molecule has 0 aromatic heterocycles. The zero-order chi connectivity index (χ0) is 17.2. The number of piperazine rings is 1. The van der Waals surface area contributed by atoms with Crippen LogP contribution in [-0.2, 0) is 14.8 Å². The average Bonchev–Trinajstić information content (AvgIpc) is 2.62. The number of amides is 1. The third kappa shape index (κ3) is 4.65. The third-order valence-corrected chi connectivity index (χ3v) is 6.85. The maximum Gasteiger partial charge on any atom is 0.243 e. The van der Waals surface area contributed by atoms with Gasteiger partial charge in [0.25, 0.3) is 0 Å². The van der Waals surface area contributed by atoms with Crippen molar-refractivity contribution in [2.45, 2.75) is 17.7 Å². The lowest BCUT2D eigenvalue weighted by Crippen LogP contribution is -2.50. The van der Waals surface area contributed by atoms with Gasteiger partial charge in [0, 0.05) is 50.2 Å². The van der Waals surface area contributed by atoms with E-state index in [-0.39, 0.29) is 29.1 Å². The Morgan fingerprint density at radius 3 is 2.16 bits per heavy atom. The Kier molecular flexibility index (Phi) is 7.10. The normalized spacial score (nSPS) is 20.1. The summed E-state index contributed by atoms with van der Waals surface area (Å²) in [6, 6.07) is 6.20. The van der Waals surface area contributed by atoms with Crippen molar-refractivity contribution in [2.24, 2.45) is 5.92 Å². The molecule has 2 heterocycles. The molecule has 0 aliphatic carbocycles. The minimum Gasteiger partial charge on any atom is -0.340 e. The molecule has 2 saturated heterocycles. The van der Waals surface area contributed by atoms with E-state index >= 15 is 0 Å². The molecule has 0 bridgehead atoms. The van der Waals surface area contributed by atoms with Crippen LogP contribution in [0.25, 0.3) is 0 Å². The lowest BCUT2D eigenvalue weighted by atomic mass is 9.96. The molecule has 1 aromatic rings. The molecule has 1 aromatic carbocycles. The van der Waals surface area contributed by atoms with Gasteiger partial charge in [0.2, 0.25) is 15.9 Å². The minimum absolute atomic E-state index is 0. The first-order valence-electron chi connectivity index (χ1n) is 8.24. The quantitative estimate of drug-likeness (QED) is 0.825. The van der Waals surface area contributed by atoms with Gasteiger partial charge in [0.05, 0.1) is 4.90 Å². The van der Waals surface area contributed by atoms with Gasteiger partial charge in [0.1, 0.15) is 0 Å². The topological polar surface area (TPSA) is 69.7 Å². The van der Waals surface area contributed by atoms with E-state index in [4.69, 9.17) is 11.6 Å². The molecule has 0 unspecified atom stereocenters. The van der Waals surface area contributed by atoms with Crippen LogP contribution in [0.15, 0.2) is 29.2 Å². The van der Waals surface area contributed by atoms with Crippen LogP contribution in [0.3, 0.4) is 0 Å². The van der Waals surface area contributed by atoms with Crippen LogP contribution in [0.5, 0.6) is 0 Å². The van der Waals surface area contributed by atoms with Gasteiger partial charge in [-0.2, -0.15) is 4.31 Å². The Morgan fingerprint density at radius 2 is 1.60 bits per heavy atom. The van der Waals surface area contributed by atoms with Crippen LogP contribution in [0.2, 0.25) is 5.02 Å². The lowest BCUT2D eigenvalue weighted by Gasteiger charge is -2.35. The Bertz CT molecular complexity index is 683. The molecule has 9 heteroatoms. The maximum absolute atomic E-state index is 12.7. The predicted octanol–water partition coefficient (Wildman–Crippen LogP) is 1.59. The second-order valence-corrected chi connectivity index (χ2v) is 8.58. The number of sulfonamides is 1. The predicted molar refractivity (Wildman–Crippen MR) is 99.6 cm³/mol. The number of nitrogens with zero attached hydrogens (tertiary/aromatic N) is 2. The highest BCUT2D eigenvalue weighted by molar-refractivity contribution is 7.89. The summed E-state index contributed by atoms with van der Waals surface area (Å²) < 4.78 is 26.8. The molecule has 2 aliphatic rings. The highest BCUT2D eigenvalue weighted by Gasteiger charge is 2.34. The van der Waals surface area contributed by atoms with E-state index < -0.39 is 10.0 Å². The number of carbonyl (C=O) groups is 1. The van der Waals surface area contributed by atoms with Crippen LogP contribution >= 0.6 is 24.0 Å². The first kappa shape index (κ1) is 20.5. The van der Waals surface area contributed by atoms with Crippen molar-refractivity contribution in [3.05, 3.63) is 29.3 Å². The highest BCUT2D eigenvalue weighted by atomic mass is 35.5. The molecule has 6 nitrogen and oxygen atoms in total. The molecule has 3 rings (SSSR count). The number of halogens is 2. The lowest BCUT2D eigenvalue weighted by molar-refractivity contribution is -0.137. The zero-order valence-corrected chi connectivity index (χ0v) is 16.2. The van der Waals surface area contributed by atoms with E-state index in [1.165, 1.54) is 16.4 Å². The van der Waals surface area contributed by atoms with Gasteiger partial charge < -0.3 is 10.2 Å². The highest BCUT2D eigenvalue weighted by Crippen LogP contribution is 2.26. The standard InChI is InChI=1S/C16H22ClN3O3S.ClH/c17-14-1-3-15(4-2-14)24(22,23)20-9-5-13(6-10-20)16(21)19-11-7-18-8-12-19;/h1-4,13,18H,5-12H2;1H. The molecular weight excluding hydrogens is 385 g/mol. The van der Waals surface area contributed by atoms with Gasteiger partial charge in [-0.05, 0) is 37.1 Å². The van der Waals surface area contributed by atoms with E-state index in [9.17, 15) is 13.2 Å². The molecule has 0 spiro atoms. The number of piperidine rings is 1. The van der Waals surface area contributed by atoms with E-state index in [0.717, 1.165) is 26.2 Å². The maximum atomic E-state index is 12.7. The van der Waals surface area contributed by atoms with Crippen LogP contribution in [0.1, 0.15) is 12.8 Å². The monoisotopic (exact) mass is 407 g/mol. The summed E-state index contributed by atoms with van der Waals surface area (Å²) in [5.74, 6) is 0.0970. The summed E-state index contributed by atoms with van der Waals surface area (Å²) >= 11 is 5.82. The number of hydrogen-bond acceptors (Lipinski definition) is 4. The van der Waals surface area contributed by atoms with E-state index in [0.29, 0.717) is 31.0 Å². The van der Waals surface area contributed by atoms with E-state index in [2.05, 4.69) is 5.32 Å². The summed E-state index contributed by atoms with van der Waals surface area (Å²) in [5, 5.41) is 3.74. The Hall–Kier alpha value is -0.860. The van der Waals surface area contributed by atoms with Crippen molar-refractivity contribution >= 4 is 39.9 Å². The minimum atomic E-state index is -3.51. The average molecular weight is 408 g/mol. The molecule has 1 N–H and O–H groups in total. The summed E-state index contributed by atoms with van der Waals surface area (Å²) in [4.78, 5) is 14.7. The van der Waals surface area contributed by atoms with Gasteiger partial charge in [-0.3, -0.25) is 4.79 Å². The SMILES string of the molecule is Cl.O=C(C1CCN(S(=O)(=O)c2ccc(Cl)cc2)CC1)N1CCNCC1. The Labute approximate surface area is 160 Å². The fraction of sp³-hybridized carbons (Fsp3) is 0.562. The molecular formula is C16H23Cl2N3O3S. The Morgan fingerprint density at radius 1 is 1.04 bits per heavy atom. The number of benzene rings is 1. The van der Waals surface area contributed by atoms with Crippen LogP contribution in [-0.4, -0.2) is 62.8 Å². The first-order valence-corrected chi connectivity index (χ1v) is 10.1. The van der Waals surface area contributed by atoms with Gasteiger partial charge >= 0.3 is 0 Å². The molecule has 2 fully saturated rings. The molecule has 1 amide bonds. The molecule has 0 radical (unpaired) electrons. The number of carbonyl (C=O) groups excluding carboxylic acids is 1. The molecule has 25 heavy (non-hydrogen) atoms. The van der Waals surface area contributed by atoms with Gasteiger partial charge in [-0.25, -0.2) is 8.42 Å². The van der Waals surface area contributed by atoms with Crippen molar-refractivity contribution in [2.75, 3.05) is 39.3 Å². The first-order chi connectivity index (χ1) is 11.5. The molecule has 0 saturated carbocycles. The fourth-order valence-electron chi connectivity index (χ4n) is 3.24. The third-order valence-electron chi connectivity index (χ3n) is 4.68. The van der Waals surface area contributed by atoms with Gasteiger partial charge in [-0.1, -0.05) is 11.6 Å². The van der Waals surface area contributed by atoms with E-state index in [1.54, 1.807) is 12.1 Å². The number of hydrogen-bond donors (Lipinski definition) is 1. The molecule has 2 aliphatic heterocycles. The molecule has 140 valence electrons. The van der Waals surface area contributed by atoms with Crippen molar-refractivity contribution in [3.8, 4) is 0 Å². The zero-order valence-electron chi connectivity index (χ0n) is 13.9. The van der Waals surface area contributed by atoms with Crippen LogP contribution in [0.4, 0.5) is 0 Å². The summed E-state index contributed by atoms with van der Waals surface area (Å²) in [6.45, 7) is 3.90. The van der Waals surface area contributed by atoms with Gasteiger partial charge in [-0.15, -0.1) is 12.4 Å². The van der Waals surface area contributed by atoms with Crippen molar-refractivity contribution in [1.82, 2.24) is 14.5 Å². The van der Waals surface area contributed by atoms with E-state index in [1.807, 2.05) is 4.90 Å². The second-order valence-electron chi connectivity index (χ2n) is 6.21. The number of nitrogens with one attached hydrogen (secondary N) is 1. The van der Waals surface area contributed by atoms with Crippen molar-refractivity contribution in [3.63, 3.8) is 0 Å². The van der Waals surface area contributed by atoms with Gasteiger partial charge in [0.15, 0.2) is 0 Å². The summed E-state index contributed by atoms with van der Waals surface area (Å²) in [7, 11) is -3.51. The Balaban J connectivity index is 0.00000225. The number of rotatable bonds is 3. The summed E-state index contributed by atoms with van der Waals surface area (Å²) in [6.07, 6.45) is 1.16. The summed E-state index contributed by atoms with van der Waals surface area (Å²) in [5.41, 5.74) is 0. The fourth-order valence-corrected chi connectivity index (χ4v) is 4.84. The van der Waals surface area contributed by atoms with Crippen molar-refractivity contribution in [1.29, 1.82) is 0 Å². The molecule has 0 atom stereocenters. The second kappa shape index (κ2) is 8.68. The van der Waals surface area contributed by atoms with Crippen molar-refractivity contribution < 1.29 is 13.2 Å². The van der Waals surface area contributed by atoms with Crippen LogP contribution < -0.4 is 5.32 Å².